The van der Waals surface area contributed by atoms with Crippen LogP contribution in [0.25, 0.3) is 22.3 Å². The van der Waals surface area contributed by atoms with Crippen LogP contribution in [0.15, 0.2) is 35.1 Å². The van der Waals surface area contributed by atoms with Gasteiger partial charge in [-0.25, -0.2) is 4.98 Å². The number of H-pyrrole nitrogens is 1. The molecule has 172 valence electrons. The van der Waals surface area contributed by atoms with Gasteiger partial charge in [0.1, 0.15) is 17.1 Å². The maximum absolute atomic E-state index is 12.7. The molecule has 2 aliphatic rings. The van der Waals surface area contributed by atoms with Gasteiger partial charge in [0.2, 0.25) is 5.91 Å². The van der Waals surface area contributed by atoms with Crippen molar-refractivity contribution in [1.29, 1.82) is 0 Å². The first-order valence-corrected chi connectivity index (χ1v) is 11.9. The van der Waals surface area contributed by atoms with E-state index < -0.39 is 0 Å². The molecule has 1 atom stereocenters. The summed E-state index contributed by atoms with van der Waals surface area (Å²) in [5, 5.41) is 17.7. The highest BCUT2D eigenvalue weighted by atomic mass is 16.3. The van der Waals surface area contributed by atoms with E-state index in [0.29, 0.717) is 11.3 Å². The molecule has 0 spiro atoms. The molecular formula is C26H30N4O3. The summed E-state index contributed by atoms with van der Waals surface area (Å²) in [7, 11) is 0. The smallest absolute Gasteiger partial charge is 0.273 e. The zero-order valence-electron chi connectivity index (χ0n) is 18.9. The number of rotatable bonds is 6. The van der Waals surface area contributed by atoms with E-state index in [1.54, 1.807) is 12.1 Å². The van der Waals surface area contributed by atoms with Crippen LogP contribution in [-0.4, -0.2) is 34.1 Å². The van der Waals surface area contributed by atoms with E-state index >= 15 is 0 Å². The van der Waals surface area contributed by atoms with Crippen LogP contribution >= 0.6 is 0 Å². The molecule has 1 aliphatic carbocycles. The first-order valence-electron chi connectivity index (χ1n) is 11.9. The second-order valence-corrected chi connectivity index (χ2v) is 9.39. The Kier molecular flexibility index (Phi) is 5.89. The number of amides is 1. The van der Waals surface area contributed by atoms with Crippen LogP contribution in [0.2, 0.25) is 0 Å². The number of aromatic nitrogens is 2. The summed E-state index contributed by atoms with van der Waals surface area (Å²) >= 11 is 0. The van der Waals surface area contributed by atoms with Gasteiger partial charge < -0.3 is 20.7 Å². The van der Waals surface area contributed by atoms with Crippen LogP contribution < -0.4 is 16.2 Å². The van der Waals surface area contributed by atoms with E-state index in [-0.39, 0.29) is 28.8 Å². The van der Waals surface area contributed by atoms with Crippen molar-refractivity contribution in [1.82, 2.24) is 15.3 Å². The Morgan fingerprint density at radius 3 is 2.82 bits per heavy atom. The second-order valence-electron chi connectivity index (χ2n) is 9.39. The van der Waals surface area contributed by atoms with E-state index in [1.807, 2.05) is 6.07 Å². The predicted octanol–water partition coefficient (Wildman–Crippen LogP) is 4.06. The molecule has 3 heterocycles. The lowest BCUT2D eigenvalue weighted by Gasteiger charge is -2.25. The SMILES string of the molecule is CC(=O)Nc1cc2c(C3CCCNC3)cc(-c3c(O)cccc3CCC3CC3)nc2[nH]c1=O. The molecule has 0 radical (unpaired) electrons. The summed E-state index contributed by atoms with van der Waals surface area (Å²) in [5.41, 5.74) is 3.89. The van der Waals surface area contributed by atoms with Gasteiger partial charge in [-0.2, -0.15) is 0 Å². The topological polar surface area (TPSA) is 107 Å². The number of aromatic hydroxyl groups is 1. The summed E-state index contributed by atoms with van der Waals surface area (Å²) in [5.74, 6) is 0.956. The first-order chi connectivity index (χ1) is 16.0. The standard InChI is InChI=1S/C26H30N4O3/c1-15(31)28-22-13-20-19(18-5-3-11-27-14-18)12-21(29-25(20)30-26(22)33)24-17(4-2-6-23(24)32)10-9-16-7-8-16/h2,4,6,12-13,16,18,27,32H,3,5,7-11,14H2,1H3,(H,28,31)(H,29,30,33). The number of carbonyl (C=O) groups is 1. The third-order valence-corrected chi connectivity index (χ3v) is 6.81. The summed E-state index contributed by atoms with van der Waals surface area (Å²) in [6.45, 7) is 3.21. The number of hydrogen-bond donors (Lipinski definition) is 4. The molecule has 1 aromatic carbocycles. The van der Waals surface area contributed by atoms with Gasteiger partial charge in [0, 0.05) is 24.4 Å². The molecule has 7 heteroatoms. The Hall–Kier alpha value is -3.19. The molecule has 7 nitrogen and oxygen atoms in total. The number of hydrogen-bond acceptors (Lipinski definition) is 5. The molecule has 33 heavy (non-hydrogen) atoms. The van der Waals surface area contributed by atoms with Gasteiger partial charge in [0.15, 0.2) is 0 Å². The Labute approximate surface area is 192 Å². The molecule has 1 aliphatic heterocycles. The number of nitrogens with one attached hydrogen (secondary N) is 3. The molecule has 3 aromatic rings. The summed E-state index contributed by atoms with van der Waals surface area (Å²) in [4.78, 5) is 31.9. The van der Waals surface area contributed by atoms with Crippen LogP contribution in [0.4, 0.5) is 5.69 Å². The lowest BCUT2D eigenvalue weighted by molar-refractivity contribution is -0.114. The average molecular weight is 447 g/mol. The number of pyridine rings is 2. The Morgan fingerprint density at radius 1 is 1.24 bits per heavy atom. The van der Waals surface area contributed by atoms with Gasteiger partial charge in [-0.3, -0.25) is 9.59 Å². The first kappa shape index (κ1) is 21.6. The Morgan fingerprint density at radius 2 is 2.09 bits per heavy atom. The van der Waals surface area contributed by atoms with Crippen LogP contribution in [0.3, 0.4) is 0 Å². The van der Waals surface area contributed by atoms with Crippen LogP contribution in [0, 0.1) is 5.92 Å². The van der Waals surface area contributed by atoms with Gasteiger partial charge in [-0.15, -0.1) is 0 Å². The number of anilines is 1. The number of piperidine rings is 1. The molecule has 4 N–H and O–H groups in total. The highest BCUT2D eigenvalue weighted by molar-refractivity contribution is 5.92. The largest absolute Gasteiger partial charge is 0.507 e. The van der Waals surface area contributed by atoms with E-state index in [9.17, 15) is 14.7 Å². The van der Waals surface area contributed by atoms with Gasteiger partial charge in [-0.1, -0.05) is 25.0 Å². The summed E-state index contributed by atoms with van der Waals surface area (Å²) in [6, 6.07) is 9.44. The number of phenolic OH excluding ortho intramolecular Hbond substituents is 1. The summed E-state index contributed by atoms with van der Waals surface area (Å²) < 4.78 is 0. The number of phenols is 1. The molecule has 2 aromatic heterocycles. The van der Waals surface area contributed by atoms with Crippen molar-refractivity contribution in [2.75, 3.05) is 18.4 Å². The number of carbonyl (C=O) groups excluding carboxylic acids is 1. The monoisotopic (exact) mass is 446 g/mol. The minimum atomic E-state index is -0.388. The number of benzene rings is 1. The Bertz CT molecular complexity index is 1260. The fourth-order valence-electron chi connectivity index (χ4n) is 4.93. The lowest BCUT2D eigenvalue weighted by atomic mass is 9.88. The number of aromatic amines is 1. The number of fused-ring (bicyclic) bond motifs is 1. The molecule has 5 rings (SSSR count). The van der Waals surface area contributed by atoms with Crippen LogP contribution in [-0.2, 0) is 11.2 Å². The Balaban J connectivity index is 1.67. The van der Waals surface area contributed by atoms with Crippen molar-refractivity contribution in [3.8, 4) is 17.0 Å². The molecule has 1 amide bonds. The van der Waals surface area contributed by atoms with E-state index in [1.165, 1.54) is 19.8 Å². The fourth-order valence-corrected chi connectivity index (χ4v) is 4.93. The maximum Gasteiger partial charge on any atom is 0.273 e. The van der Waals surface area contributed by atoms with Crippen molar-refractivity contribution in [3.63, 3.8) is 0 Å². The predicted molar refractivity (Wildman–Crippen MR) is 130 cm³/mol. The molecule has 1 saturated heterocycles. The highest BCUT2D eigenvalue weighted by Gasteiger charge is 2.24. The van der Waals surface area contributed by atoms with Crippen molar-refractivity contribution in [3.05, 3.63) is 51.8 Å². The van der Waals surface area contributed by atoms with Gasteiger partial charge in [0.25, 0.3) is 5.56 Å². The quantitative estimate of drug-likeness (QED) is 0.457. The minimum absolute atomic E-state index is 0.208. The van der Waals surface area contributed by atoms with Crippen molar-refractivity contribution in [2.45, 2.75) is 51.4 Å². The van der Waals surface area contributed by atoms with Gasteiger partial charge >= 0.3 is 0 Å². The molecule has 1 unspecified atom stereocenters. The highest BCUT2D eigenvalue weighted by Crippen LogP contribution is 2.39. The lowest BCUT2D eigenvalue weighted by Crippen LogP contribution is -2.28. The number of nitrogens with zero attached hydrogens (tertiary/aromatic N) is 1. The fraction of sp³-hybridized carbons (Fsp3) is 0.423. The van der Waals surface area contributed by atoms with E-state index in [2.05, 4.69) is 27.8 Å². The van der Waals surface area contributed by atoms with Gasteiger partial charge in [-0.05, 0) is 73.4 Å². The molecule has 0 bridgehead atoms. The van der Waals surface area contributed by atoms with Gasteiger partial charge in [0.05, 0.1) is 5.69 Å². The third kappa shape index (κ3) is 4.64. The zero-order valence-corrected chi connectivity index (χ0v) is 18.9. The van der Waals surface area contributed by atoms with Crippen molar-refractivity contribution < 1.29 is 9.90 Å². The average Bonchev–Trinajstić information content (AvgIpc) is 3.62. The number of aryl methyl sites for hydroxylation is 1. The van der Waals surface area contributed by atoms with Crippen LogP contribution in [0.5, 0.6) is 5.75 Å². The molecule has 2 fully saturated rings. The summed E-state index contributed by atoms with van der Waals surface area (Å²) in [6.07, 6.45) is 6.68. The zero-order chi connectivity index (χ0) is 22.9. The van der Waals surface area contributed by atoms with Crippen molar-refractivity contribution >= 4 is 22.6 Å². The van der Waals surface area contributed by atoms with E-state index in [0.717, 1.165) is 66.8 Å². The second kappa shape index (κ2) is 8.98. The van der Waals surface area contributed by atoms with E-state index in [4.69, 9.17) is 4.98 Å². The maximum atomic E-state index is 12.7. The molecular weight excluding hydrogens is 416 g/mol. The van der Waals surface area contributed by atoms with Crippen LogP contribution in [0.1, 0.15) is 56.1 Å². The van der Waals surface area contributed by atoms with Crippen molar-refractivity contribution in [2.24, 2.45) is 5.92 Å². The minimum Gasteiger partial charge on any atom is -0.507 e. The normalized spacial score (nSPS) is 18.4. The third-order valence-electron chi connectivity index (χ3n) is 6.81. The molecule has 1 saturated carbocycles.